The number of methoxy groups -OCH3 is 1. The Bertz CT molecular complexity index is 922. The number of carbonyl (C=O) groups is 1. The van der Waals surface area contributed by atoms with Gasteiger partial charge < -0.3 is 9.64 Å². The second-order valence-corrected chi connectivity index (χ2v) is 6.10. The van der Waals surface area contributed by atoms with Crippen LogP contribution in [0.5, 0.6) is 5.75 Å². The summed E-state index contributed by atoms with van der Waals surface area (Å²) >= 11 is 1.42. The van der Waals surface area contributed by atoms with Gasteiger partial charge in [0, 0.05) is 30.7 Å². The van der Waals surface area contributed by atoms with Crippen molar-refractivity contribution in [3.63, 3.8) is 0 Å². The second kappa shape index (κ2) is 6.72. The summed E-state index contributed by atoms with van der Waals surface area (Å²) in [7, 11) is 3.32. The van der Waals surface area contributed by atoms with Crippen molar-refractivity contribution in [1.29, 1.82) is 5.26 Å². The van der Waals surface area contributed by atoms with Crippen LogP contribution in [-0.2, 0) is 0 Å². The molecule has 2 heterocycles. The summed E-state index contributed by atoms with van der Waals surface area (Å²) in [6.45, 7) is 0.407. The van der Waals surface area contributed by atoms with Gasteiger partial charge in [0.2, 0.25) is 0 Å². The van der Waals surface area contributed by atoms with Gasteiger partial charge >= 0.3 is 0 Å². The van der Waals surface area contributed by atoms with Gasteiger partial charge in [-0.05, 0) is 12.1 Å². The third-order valence-corrected chi connectivity index (χ3v) is 4.54. The third kappa shape index (κ3) is 2.96. The van der Waals surface area contributed by atoms with Crippen molar-refractivity contribution >= 4 is 22.2 Å². The molecule has 7 heteroatoms. The molecule has 1 aromatic carbocycles. The van der Waals surface area contributed by atoms with E-state index in [1.807, 2.05) is 30.5 Å². The number of imidazole rings is 1. The zero-order valence-corrected chi connectivity index (χ0v) is 14.2. The number of rotatable bonds is 5. The van der Waals surface area contributed by atoms with Gasteiger partial charge in [-0.25, -0.2) is 4.98 Å². The van der Waals surface area contributed by atoms with Crippen LogP contribution in [0.25, 0.3) is 16.2 Å². The molecule has 1 amide bonds. The van der Waals surface area contributed by atoms with Crippen molar-refractivity contribution in [2.75, 3.05) is 20.7 Å². The number of fused-ring (bicyclic) bond motifs is 1. The molecule has 0 atom stereocenters. The second-order valence-electron chi connectivity index (χ2n) is 5.27. The lowest BCUT2D eigenvalue weighted by molar-refractivity contribution is 0.0791. The maximum atomic E-state index is 12.5. The Balaban J connectivity index is 1.94. The lowest BCUT2D eigenvalue weighted by Gasteiger charge is -2.14. The van der Waals surface area contributed by atoms with E-state index in [9.17, 15) is 4.79 Å². The van der Waals surface area contributed by atoms with E-state index in [4.69, 9.17) is 10.00 Å². The fourth-order valence-corrected chi connectivity index (χ4v) is 3.22. The molecule has 0 fully saturated rings. The van der Waals surface area contributed by atoms with Crippen LogP contribution in [-0.4, -0.2) is 40.9 Å². The maximum absolute atomic E-state index is 12.5. The summed E-state index contributed by atoms with van der Waals surface area (Å²) in [6.07, 6.45) is 2.17. The van der Waals surface area contributed by atoms with Crippen LogP contribution in [0.1, 0.15) is 16.9 Å². The highest BCUT2D eigenvalue weighted by Gasteiger charge is 2.18. The smallest absolute Gasteiger partial charge is 0.271 e. The van der Waals surface area contributed by atoms with Crippen molar-refractivity contribution in [1.82, 2.24) is 14.3 Å². The number of thiazole rings is 1. The summed E-state index contributed by atoms with van der Waals surface area (Å²) in [4.78, 5) is 19.4. The number of aromatic nitrogens is 2. The van der Waals surface area contributed by atoms with Crippen molar-refractivity contribution in [2.45, 2.75) is 6.42 Å². The minimum Gasteiger partial charge on any atom is -0.497 e. The number of amides is 1. The lowest BCUT2D eigenvalue weighted by atomic mass is 10.1. The van der Waals surface area contributed by atoms with Crippen LogP contribution in [0.15, 0.2) is 35.8 Å². The van der Waals surface area contributed by atoms with Crippen molar-refractivity contribution in [2.24, 2.45) is 0 Å². The molecule has 24 heavy (non-hydrogen) atoms. The quantitative estimate of drug-likeness (QED) is 0.716. The molecule has 0 aliphatic heterocycles. The predicted octanol–water partition coefficient (Wildman–Crippen LogP) is 3.06. The average molecular weight is 340 g/mol. The Labute approximate surface area is 143 Å². The lowest BCUT2D eigenvalue weighted by Crippen LogP contribution is -2.28. The fraction of sp³-hybridized carbons (Fsp3) is 0.235. The minimum atomic E-state index is -0.119. The van der Waals surface area contributed by atoms with E-state index >= 15 is 0 Å². The van der Waals surface area contributed by atoms with Crippen molar-refractivity contribution < 1.29 is 9.53 Å². The molecule has 122 valence electrons. The average Bonchev–Trinajstić information content (AvgIpc) is 3.19. The Kier molecular flexibility index (Phi) is 4.49. The molecule has 0 aliphatic rings. The highest BCUT2D eigenvalue weighted by Crippen LogP contribution is 2.26. The standard InChI is InChI=1S/C17H16N4O2S/c1-20(8-4-7-18)16(22)15-11-24-17-19-14(10-21(15)17)12-5-3-6-13(9-12)23-2/h3,5-6,9-11H,4,8H2,1-2H3. The molecular formula is C17H16N4O2S. The first-order chi connectivity index (χ1) is 11.6. The third-order valence-electron chi connectivity index (χ3n) is 3.70. The van der Waals surface area contributed by atoms with E-state index in [0.717, 1.165) is 22.0 Å². The Morgan fingerprint density at radius 2 is 2.33 bits per heavy atom. The molecule has 0 spiro atoms. The number of nitriles is 1. The van der Waals surface area contributed by atoms with Crippen LogP contribution < -0.4 is 4.74 Å². The molecule has 0 saturated carbocycles. The van der Waals surface area contributed by atoms with Gasteiger partial charge in [0.1, 0.15) is 11.4 Å². The van der Waals surface area contributed by atoms with Gasteiger partial charge in [-0.15, -0.1) is 11.3 Å². The molecule has 0 radical (unpaired) electrons. The molecule has 6 nitrogen and oxygen atoms in total. The Morgan fingerprint density at radius 3 is 3.08 bits per heavy atom. The summed E-state index contributed by atoms with van der Waals surface area (Å²) in [5.41, 5.74) is 2.27. The summed E-state index contributed by atoms with van der Waals surface area (Å²) in [6, 6.07) is 9.70. The minimum absolute atomic E-state index is 0.119. The summed E-state index contributed by atoms with van der Waals surface area (Å²) in [5, 5.41) is 10.5. The highest BCUT2D eigenvalue weighted by molar-refractivity contribution is 7.15. The van der Waals surface area contributed by atoms with Crippen LogP contribution >= 0.6 is 11.3 Å². The molecule has 2 aromatic heterocycles. The number of hydrogen-bond acceptors (Lipinski definition) is 5. The molecule has 0 bridgehead atoms. The van der Waals surface area contributed by atoms with Crippen LogP contribution in [0.2, 0.25) is 0 Å². The first-order valence-electron chi connectivity index (χ1n) is 7.37. The zero-order chi connectivity index (χ0) is 17.1. The maximum Gasteiger partial charge on any atom is 0.271 e. The van der Waals surface area contributed by atoms with Gasteiger partial charge in [0.25, 0.3) is 5.91 Å². The molecule has 0 N–H and O–H groups in total. The fourth-order valence-electron chi connectivity index (χ4n) is 2.37. The largest absolute Gasteiger partial charge is 0.497 e. The van der Waals surface area contributed by atoms with Gasteiger partial charge in [-0.3, -0.25) is 9.20 Å². The number of carbonyl (C=O) groups excluding carboxylic acids is 1. The van der Waals surface area contributed by atoms with E-state index in [2.05, 4.69) is 11.1 Å². The first kappa shape index (κ1) is 16.0. The molecule has 0 saturated heterocycles. The van der Waals surface area contributed by atoms with Crippen LogP contribution in [0, 0.1) is 11.3 Å². The topological polar surface area (TPSA) is 70.6 Å². The van der Waals surface area contributed by atoms with Crippen LogP contribution in [0.4, 0.5) is 0 Å². The van der Waals surface area contributed by atoms with E-state index in [-0.39, 0.29) is 5.91 Å². The Morgan fingerprint density at radius 1 is 1.50 bits per heavy atom. The number of nitrogens with zero attached hydrogens (tertiary/aromatic N) is 4. The molecule has 3 rings (SSSR count). The van der Waals surface area contributed by atoms with Gasteiger partial charge in [-0.1, -0.05) is 12.1 Å². The molecule has 0 unspecified atom stereocenters. The van der Waals surface area contributed by atoms with Gasteiger partial charge in [-0.2, -0.15) is 5.26 Å². The number of benzene rings is 1. The normalized spacial score (nSPS) is 10.5. The van der Waals surface area contributed by atoms with E-state index in [0.29, 0.717) is 18.7 Å². The van der Waals surface area contributed by atoms with Gasteiger partial charge in [0.05, 0.1) is 25.3 Å². The SMILES string of the molecule is COc1cccc(-c2cn3c(C(=O)N(C)CCC#N)csc3n2)c1. The monoisotopic (exact) mass is 340 g/mol. The van der Waals surface area contributed by atoms with Crippen molar-refractivity contribution in [3.8, 4) is 23.1 Å². The van der Waals surface area contributed by atoms with E-state index in [1.54, 1.807) is 28.8 Å². The summed E-state index contributed by atoms with van der Waals surface area (Å²) in [5.74, 6) is 0.641. The molecular weight excluding hydrogens is 324 g/mol. The Hall–Kier alpha value is -2.85. The van der Waals surface area contributed by atoms with Gasteiger partial charge in [0.15, 0.2) is 4.96 Å². The van der Waals surface area contributed by atoms with Crippen molar-refractivity contribution in [3.05, 3.63) is 41.5 Å². The van der Waals surface area contributed by atoms with E-state index in [1.165, 1.54) is 11.3 Å². The first-order valence-corrected chi connectivity index (χ1v) is 8.25. The molecule has 0 aliphatic carbocycles. The predicted molar refractivity (Wildman–Crippen MR) is 92.2 cm³/mol. The number of hydrogen-bond donors (Lipinski definition) is 0. The van der Waals surface area contributed by atoms with Crippen LogP contribution in [0.3, 0.4) is 0 Å². The highest BCUT2D eigenvalue weighted by atomic mass is 32.1. The molecule has 3 aromatic rings. The summed E-state index contributed by atoms with van der Waals surface area (Å²) < 4.78 is 7.04. The zero-order valence-electron chi connectivity index (χ0n) is 13.4. The van der Waals surface area contributed by atoms with E-state index < -0.39 is 0 Å². The number of ether oxygens (including phenoxy) is 1.